The largest absolute Gasteiger partial charge is 0.416 e. The number of benzene rings is 2. The van der Waals surface area contributed by atoms with E-state index in [1.54, 1.807) is 41.1 Å². The molecule has 0 spiro atoms. The normalized spacial score (nSPS) is 14.9. The summed E-state index contributed by atoms with van der Waals surface area (Å²) in [5.41, 5.74) is 2.31. The molecule has 1 aliphatic heterocycles. The van der Waals surface area contributed by atoms with Gasteiger partial charge in [0.2, 0.25) is 5.95 Å². The third-order valence-electron chi connectivity index (χ3n) is 7.58. The highest BCUT2D eigenvalue weighted by Crippen LogP contribution is 2.37. The van der Waals surface area contributed by atoms with E-state index in [9.17, 15) is 18.0 Å². The molecule has 1 amide bonds. The number of carbonyl (C=O) groups is 1. The number of pyridine rings is 1. The maximum Gasteiger partial charge on any atom is 0.416 e. The number of hydrogen-bond acceptors (Lipinski definition) is 6. The number of nitrogens with zero attached hydrogens (tertiary/aromatic N) is 4. The summed E-state index contributed by atoms with van der Waals surface area (Å²) >= 11 is 0. The minimum absolute atomic E-state index is 0.0217. The Hall–Kier alpha value is -4.77. The minimum atomic E-state index is -4.53. The molecular formula is C32H30F3N7O. The standard InChI is InChI=1S/C32H30F3N7O/c1-20(21-7-3-2-4-8-21)38-31-37-17-14-26(40-31)28-27(22-9-5-10-23(19-22)32(33,34)35)41-29-25(11-6-18-42(28)29)30(43)39-24-12-15-36-16-13-24/h2-11,14,17-20,24,36H,12-13,15-16H2,1H3,(H,39,43)(H,37,38,40). The molecule has 0 radical (unpaired) electrons. The van der Waals surface area contributed by atoms with Crippen LogP contribution in [0.15, 0.2) is 85.2 Å². The average Bonchev–Trinajstić information content (AvgIpc) is 3.42. The van der Waals surface area contributed by atoms with Gasteiger partial charge in [0.05, 0.1) is 34.3 Å². The summed E-state index contributed by atoms with van der Waals surface area (Å²) < 4.78 is 42.8. The molecule has 1 fully saturated rings. The van der Waals surface area contributed by atoms with Crippen molar-refractivity contribution in [3.63, 3.8) is 0 Å². The van der Waals surface area contributed by atoms with Crippen LogP contribution in [0, 0.1) is 0 Å². The molecule has 220 valence electrons. The molecule has 0 bridgehead atoms. The second-order valence-electron chi connectivity index (χ2n) is 10.5. The molecule has 1 unspecified atom stereocenters. The first-order valence-electron chi connectivity index (χ1n) is 14.1. The molecule has 6 rings (SSSR count). The number of amides is 1. The lowest BCUT2D eigenvalue weighted by Gasteiger charge is -2.23. The Labute approximate surface area is 246 Å². The number of rotatable bonds is 7. The topological polar surface area (TPSA) is 96.2 Å². The van der Waals surface area contributed by atoms with E-state index in [0.29, 0.717) is 28.5 Å². The van der Waals surface area contributed by atoms with Gasteiger partial charge in [-0.25, -0.2) is 15.0 Å². The lowest BCUT2D eigenvalue weighted by molar-refractivity contribution is -0.137. The van der Waals surface area contributed by atoms with Gasteiger partial charge in [-0.1, -0.05) is 42.5 Å². The van der Waals surface area contributed by atoms with Crippen molar-refractivity contribution >= 4 is 17.5 Å². The van der Waals surface area contributed by atoms with Crippen molar-refractivity contribution < 1.29 is 18.0 Å². The van der Waals surface area contributed by atoms with Gasteiger partial charge < -0.3 is 16.0 Å². The Bertz CT molecular complexity index is 1750. The van der Waals surface area contributed by atoms with Crippen molar-refractivity contribution in [2.75, 3.05) is 18.4 Å². The first-order chi connectivity index (χ1) is 20.8. The Morgan fingerprint density at radius 1 is 1.00 bits per heavy atom. The molecule has 3 aromatic heterocycles. The quantitative estimate of drug-likeness (QED) is 0.213. The molecule has 1 aliphatic rings. The van der Waals surface area contributed by atoms with E-state index in [0.717, 1.165) is 43.6 Å². The van der Waals surface area contributed by atoms with E-state index in [1.807, 2.05) is 37.3 Å². The predicted molar refractivity (Wildman–Crippen MR) is 158 cm³/mol. The van der Waals surface area contributed by atoms with Crippen LogP contribution in [0.5, 0.6) is 0 Å². The van der Waals surface area contributed by atoms with Gasteiger partial charge in [-0.3, -0.25) is 9.20 Å². The van der Waals surface area contributed by atoms with E-state index in [1.165, 1.54) is 6.07 Å². The number of aromatic nitrogens is 4. The molecule has 3 N–H and O–H groups in total. The molecule has 43 heavy (non-hydrogen) atoms. The van der Waals surface area contributed by atoms with Gasteiger partial charge in [-0.15, -0.1) is 0 Å². The van der Waals surface area contributed by atoms with Crippen molar-refractivity contribution in [3.8, 4) is 22.6 Å². The smallest absolute Gasteiger partial charge is 0.349 e. The number of alkyl halides is 3. The zero-order valence-electron chi connectivity index (χ0n) is 23.4. The fourth-order valence-corrected chi connectivity index (χ4v) is 5.34. The summed E-state index contributed by atoms with van der Waals surface area (Å²) in [6.45, 7) is 3.62. The van der Waals surface area contributed by atoms with Gasteiger partial charge in [0.15, 0.2) is 5.65 Å². The third-order valence-corrected chi connectivity index (χ3v) is 7.58. The maximum absolute atomic E-state index is 13.7. The van der Waals surface area contributed by atoms with Gasteiger partial charge in [-0.2, -0.15) is 13.2 Å². The molecule has 2 aromatic carbocycles. The van der Waals surface area contributed by atoms with Gasteiger partial charge in [0, 0.05) is 24.0 Å². The SMILES string of the molecule is CC(Nc1nccc(-c2c(-c3cccc(C(F)(F)F)c3)nc3c(C(=O)NC4CCNCC4)cccn23)n1)c1ccccc1. The summed E-state index contributed by atoms with van der Waals surface area (Å²) in [5, 5.41) is 9.68. The fourth-order valence-electron chi connectivity index (χ4n) is 5.34. The summed E-state index contributed by atoms with van der Waals surface area (Å²) in [6, 6.07) is 19.8. The number of nitrogens with one attached hydrogen (secondary N) is 3. The molecule has 5 aromatic rings. The maximum atomic E-state index is 13.7. The van der Waals surface area contributed by atoms with Crippen molar-refractivity contribution in [2.24, 2.45) is 0 Å². The molecule has 0 aliphatic carbocycles. The van der Waals surface area contributed by atoms with Crippen LogP contribution in [0.3, 0.4) is 0 Å². The lowest BCUT2D eigenvalue weighted by Crippen LogP contribution is -2.42. The predicted octanol–water partition coefficient (Wildman–Crippen LogP) is 6.13. The Morgan fingerprint density at radius 3 is 2.56 bits per heavy atom. The number of hydrogen-bond donors (Lipinski definition) is 3. The molecule has 8 nitrogen and oxygen atoms in total. The Morgan fingerprint density at radius 2 is 1.79 bits per heavy atom. The van der Waals surface area contributed by atoms with Crippen molar-refractivity contribution in [3.05, 3.63) is 102 Å². The van der Waals surface area contributed by atoms with E-state index in [4.69, 9.17) is 9.97 Å². The lowest BCUT2D eigenvalue weighted by atomic mass is 10.0. The average molecular weight is 586 g/mol. The zero-order chi connectivity index (χ0) is 30.0. The van der Waals surface area contributed by atoms with Crippen LogP contribution in [-0.2, 0) is 6.18 Å². The van der Waals surface area contributed by atoms with Crippen LogP contribution in [0.25, 0.3) is 28.3 Å². The van der Waals surface area contributed by atoms with Crippen LogP contribution >= 0.6 is 0 Å². The van der Waals surface area contributed by atoms with Crippen LogP contribution in [-0.4, -0.2) is 44.4 Å². The van der Waals surface area contributed by atoms with E-state index >= 15 is 0 Å². The summed E-state index contributed by atoms with van der Waals surface area (Å²) in [7, 11) is 0. The Kier molecular flexibility index (Phi) is 7.81. The number of halogens is 3. The first kappa shape index (κ1) is 28.4. The number of fused-ring (bicyclic) bond motifs is 1. The summed E-state index contributed by atoms with van der Waals surface area (Å²) in [5.74, 6) is 0.0602. The van der Waals surface area contributed by atoms with Crippen LogP contribution in [0.2, 0.25) is 0 Å². The Balaban J connectivity index is 1.46. The van der Waals surface area contributed by atoms with Crippen molar-refractivity contribution in [1.29, 1.82) is 0 Å². The summed E-state index contributed by atoms with van der Waals surface area (Å²) in [6.07, 6.45) is 0.405. The highest BCUT2D eigenvalue weighted by atomic mass is 19.4. The molecule has 11 heteroatoms. The highest BCUT2D eigenvalue weighted by Gasteiger charge is 2.31. The van der Waals surface area contributed by atoms with Crippen LogP contribution in [0.1, 0.15) is 47.3 Å². The van der Waals surface area contributed by atoms with Crippen molar-refractivity contribution in [2.45, 2.75) is 38.0 Å². The molecule has 1 saturated heterocycles. The molecule has 1 atom stereocenters. The van der Waals surface area contributed by atoms with E-state index in [-0.39, 0.29) is 29.2 Å². The van der Waals surface area contributed by atoms with Crippen LogP contribution in [0.4, 0.5) is 19.1 Å². The number of carbonyl (C=O) groups excluding carboxylic acids is 1. The van der Waals surface area contributed by atoms with Gasteiger partial charge in [0.1, 0.15) is 0 Å². The third kappa shape index (κ3) is 6.07. The number of anilines is 1. The monoisotopic (exact) mass is 585 g/mol. The fraction of sp³-hybridized carbons (Fsp3) is 0.250. The number of piperidine rings is 1. The zero-order valence-corrected chi connectivity index (χ0v) is 23.4. The molecule has 0 saturated carbocycles. The van der Waals surface area contributed by atoms with E-state index in [2.05, 4.69) is 20.9 Å². The second-order valence-corrected chi connectivity index (χ2v) is 10.5. The summed E-state index contributed by atoms with van der Waals surface area (Å²) in [4.78, 5) is 27.4. The van der Waals surface area contributed by atoms with Crippen LogP contribution < -0.4 is 16.0 Å². The molecule has 4 heterocycles. The van der Waals surface area contributed by atoms with Gasteiger partial charge in [0.25, 0.3) is 5.91 Å². The minimum Gasteiger partial charge on any atom is -0.349 e. The molecular weight excluding hydrogens is 555 g/mol. The van der Waals surface area contributed by atoms with Gasteiger partial charge >= 0.3 is 6.18 Å². The van der Waals surface area contributed by atoms with E-state index < -0.39 is 11.7 Å². The number of imidazole rings is 1. The van der Waals surface area contributed by atoms with Gasteiger partial charge in [-0.05, 0) is 68.8 Å². The first-order valence-corrected chi connectivity index (χ1v) is 14.1. The second kappa shape index (κ2) is 11.8. The highest BCUT2D eigenvalue weighted by molar-refractivity contribution is 6.01. The van der Waals surface area contributed by atoms with Crippen molar-refractivity contribution in [1.82, 2.24) is 30.0 Å².